The van der Waals surface area contributed by atoms with Crippen molar-refractivity contribution in [1.82, 2.24) is 10.6 Å². The van der Waals surface area contributed by atoms with Crippen LogP contribution in [0.2, 0.25) is 0 Å². The Morgan fingerprint density at radius 3 is 2.86 bits per heavy atom. The van der Waals surface area contributed by atoms with Crippen molar-refractivity contribution in [3.8, 4) is 5.75 Å². The monoisotopic (exact) mass is 319 g/mol. The number of halogens is 3. The molecule has 1 aliphatic rings. The largest absolute Gasteiger partial charge is 0.573 e. The van der Waals surface area contributed by atoms with E-state index in [1.165, 1.54) is 12.1 Å². The number of amides is 2. The first-order valence-corrected chi connectivity index (χ1v) is 6.65. The number of anilines is 1. The Morgan fingerprint density at radius 1 is 1.41 bits per heavy atom. The van der Waals surface area contributed by atoms with Gasteiger partial charge in [0.2, 0.25) is 0 Å². The highest BCUT2D eigenvalue weighted by atomic mass is 19.4. The first-order chi connectivity index (χ1) is 10.3. The molecule has 0 bridgehead atoms. The van der Waals surface area contributed by atoms with Crippen molar-refractivity contribution in [2.24, 2.45) is 0 Å². The molecular weight excluding hydrogens is 303 g/mol. The molecule has 1 aromatic rings. The molecule has 1 aliphatic heterocycles. The average molecular weight is 319 g/mol. The SMILES string of the molecule is O=C(Nc1cccc(OC(F)(F)F)c1)N[C@@H]1CNCC[C@H]1O. The number of hydrogen-bond donors (Lipinski definition) is 4. The van der Waals surface area contributed by atoms with Gasteiger partial charge in [0.15, 0.2) is 0 Å². The second-order valence-electron chi connectivity index (χ2n) is 4.84. The number of urea groups is 1. The van der Waals surface area contributed by atoms with Gasteiger partial charge in [0.05, 0.1) is 12.1 Å². The van der Waals surface area contributed by atoms with Crippen LogP contribution in [-0.4, -0.2) is 42.7 Å². The molecule has 0 spiro atoms. The third-order valence-electron chi connectivity index (χ3n) is 3.09. The van der Waals surface area contributed by atoms with Gasteiger partial charge >= 0.3 is 12.4 Å². The predicted octanol–water partition coefficient (Wildman–Crippen LogP) is 1.43. The molecular formula is C13H16F3N3O3. The van der Waals surface area contributed by atoms with E-state index in [0.29, 0.717) is 19.5 Å². The first kappa shape index (κ1) is 16.4. The van der Waals surface area contributed by atoms with E-state index in [9.17, 15) is 23.1 Å². The Hall–Kier alpha value is -2.00. The summed E-state index contributed by atoms with van der Waals surface area (Å²) < 4.78 is 40.2. The summed E-state index contributed by atoms with van der Waals surface area (Å²) in [7, 11) is 0. The Labute approximate surface area is 124 Å². The van der Waals surface area contributed by atoms with Crippen LogP contribution in [0.4, 0.5) is 23.7 Å². The topological polar surface area (TPSA) is 82.6 Å². The molecule has 2 atom stereocenters. The molecule has 1 aromatic carbocycles. The highest BCUT2D eigenvalue weighted by Gasteiger charge is 2.31. The summed E-state index contributed by atoms with van der Waals surface area (Å²) in [4.78, 5) is 11.8. The molecule has 0 radical (unpaired) electrons. The Kier molecular flexibility index (Phi) is 5.09. The van der Waals surface area contributed by atoms with Crippen molar-refractivity contribution < 1.29 is 27.8 Å². The number of benzene rings is 1. The minimum atomic E-state index is -4.79. The zero-order chi connectivity index (χ0) is 16.2. The number of rotatable bonds is 3. The number of aliphatic hydroxyl groups is 1. The Balaban J connectivity index is 1.92. The fourth-order valence-electron chi connectivity index (χ4n) is 2.10. The molecule has 22 heavy (non-hydrogen) atoms. The molecule has 0 aliphatic carbocycles. The van der Waals surface area contributed by atoms with E-state index in [1.807, 2.05) is 0 Å². The molecule has 4 N–H and O–H groups in total. The summed E-state index contributed by atoms with van der Waals surface area (Å²) in [6.07, 6.45) is -4.94. The molecule has 1 saturated heterocycles. The third-order valence-corrected chi connectivity index (χ3v) is 3.09. The number of aliphatic hydroxyl groups excluding tert-OH is 1. The standard InChI is InChI=1S/C13H16F3N3O3/c14-13(15,16)22-9-3-1-2-8(6-9)18-12(21)19-10-7-17-5-4-11(10)20/h1-3,6,10-11,17,20H,4-5,7H2,(H2,18,19,21)/t10-,11-/m1/s1. The number of hydrogen-bond acceptors (Lipinski definition) is 4. The second kappa shape index (κ2) is 6.84. The van der Waals surface area contributed by atoms with Gasteiger partial charge in [0.25, 0.3) is 0 Å². The van der Waals surface area contributed by atoms with Crippen molar-refractivity contribution in [3.63, 3.8) is 0 Å². The Morgan fingerprint density at radius 2 is 2.18 bits per heavy atom. The van der Waals surface area contributed by atoms with Crippen molar-refractivity contribution in [2.75, 3.05) is 18.4 Å². The summed E-state index contributed by atoms with van der Waals surface area (Å²) in [6.45, 7) is 1.09. The zero-order valence-electron chi connectivity index (χ0n) is 11.5. The van der Waals surface area contributed by atoms with E-state index in [4.69, 9.17) is 0 Å². The van der Waals surface area contributed by atoms with Crippen LogP contribution in [0.15, 0.2) is 24.3 Å². The van der Waals surface area contributed by atoms with Crippen LogP contribution in [0.1, 0.15) is 6.42 Å². The molecule has 2 amide bonds. The molecule has 1 heterocycles. The summed E-state index contributed by atoms with van der Waals surface area (Å²) >= 11 is 0. The molecule has 9 heteroatoms. The molecule has 0 saturated carbocycles. The Bertz CT molecular complexity index is 525. The number of piperidine rings is 1. The summed E-state index contributed by atoms with van der Waals surface area (Å²) in [5.41, 5.74) is 0.150. The molecule has 122 valence electrons. The lowest BCUT2D eigenvalue weighted by Gasteiger charge is -2.29. The van der Waals surface area contributed by atoms with Crippen LogP contribution in [0.5, 0.6) is 5.75 Å². The lowest BCUT2D eigenvalue weighted by atomic mass is 10.0. The number of alkyl halides is 3. The number of carbonyl (C=O) groups excluding carboxylic acids is 1. The fourth-order valence-corrected chi connectivity index (χ4v) is 2.10. The quantitative estimate of drug-likeness (QED) is 0.679. The number of ether oxygens (including phenoxy) is 1. The predicted molar refractivity (Wildman–Crippen MR) is 72.6 cm³/mol. The van der Waals surface area contributed by atoms with Crippen LogP contribution >= 0.6 is 0 Å². The highest BCUT2D eigenvalue weighted by Crippen LogP contribution is 2.24. The van der Waals surface area contributed by atoms with Crippen molar-refractivity contribution >= 4 is 11.7 Å². The van der Waals surface area contributed by atoms with Gasteiger partial charge < -0.3 is 25.8 Å². The van der Waals surface area contributed by atoms with Crippen LogP contribution in [0.25, 0.3) is 0 Å². The summed E-state index contributed by atoms with van der Waals surface area (Å²) in [5.74, 6) is -0.426. The maximum Gasteiger partial charge on any atom is 0.573 e. The minimum Gasteiger partial charge on any atom is -0.406 e. The van der Waals surface area contributed by atoms with Crippen LogP contribution < -0.4 is 20.7 Å². The number of carbonyl (C=O) groups is 1. The van der Waals surface area contributed by atoms with E-state index < -0.39 is 30.3 Å². The molecule has 2 rings (SSSR count). The normalized spacial score (nSPS) is 22.0. The second-order valence-corrected chi connectivity index (χ2v) is 4.84. The number of nitrogens with one attached hydrogen (secondary N) is 3. The van der Waals surface area contributed by atoms with Crippen molar-refractivity contribution in [2.45, 2.75) is 24.9 Å². The van der Waals surface area contributed by atoms with Gasteiger partial charge in [0, 0.05) is 18.3 Å². The summed E-state index contributed by atoms with van der Waals surface area (Å²) in [6, 6.07) is 3.88. The van der Waals surface area contributed by atoms with E-state index in [0.717, 1.165) is 12.1 Å². The van der Waals surface area contributed by atoms with Gasteiger partial charge in [-0.1, -0.05) is 6.07 Å². The molecule has 0 unspecified atom stereocenters. The third kappa shape index (κ3) is 5.08. The van der Waals surface area contributed by atoms with Crippen molar-refractivity contribution in [3.05, 3.63) is 24.3 Å². The minimum absolute atomic E-state index is 0.150. The van der Waals surface area contributed by atoms with Gasteiger partial charge in [-0.3, -0.25) is 0 Å². The zero-order valence-corrected chi connectivity index (χ0v) is 11.5. The van der Waals surface area contributed by atoms with Gasteiger partial charge in [0.1, 0.15) is 5.75 Å². The maximum absolute atomic E-state index is 12.1. The van der Waals surface area contributed by atoms with Gasteiger partial charge in [-0.2, -0.15) is 0 Å². The highest BCUT2D eigenvalue weighted by molar-refractivity contribution is 5.89. The molecule has 1 fully saturated rings. The lowest BCUT2D eigenvalue weighted by Crippen LogP contribution is -2.54. The molecule has 0 aromatic heterocycles. The lowest BCUT2D eigenvalue weighted by molar-refractivity contribution is -0.274. The smallest absolute Gasteiger partial charge is 0.406 e. The van der Waals surface area contributed by atoms with E-state index in [1.54, 1.807) is 0 Å². The van der Waals surface area contributed by atoms with E-state index >= 15 is 0 Å². The van der Waals surface area contributed by atoms with Crippen molar-refractivity contribution in [1.29, 1.82) is 0 Å². The van der Waals surface area contributed by atoms with Crippen LogP contribution in [0, 0.1) is 0 Å². The summed E-state index contributed by atoms with van der Waals surface area (Å²) in [5, 5.41) is 17.7. The fraction of sp³-hybridized carbons (Fsp3) is 0.462. The van der Waals surface area contributed by atoms with E-state index in [2.05, 4.69) is 20.7 Å². The van der Waals surface area contributed by atoms with E-state index in [-0.39, 0.29) is 5.69 Å². The molecule has 6 nitrogen and oxygen atoms in total. The first-order valence-electron chi connectivity index (χ1n) is 6.65. The van der Waals surface area contributed by atoms with Crippen LogP contribution in [-0.2, 0) is 0 Å². The van der Waals surface area contributed by atoms with Gasteiger partial charge in [-0.25, -0.2) is 4.79 Å². The van der Waals surface area contributed by atoms with Gasteiger partial charge in [-0.05, 0) is 25.1 Å². The van der Waals surface area contributed by atoms with Gasteiger partial charge in [-0.15, -0.1) is 13.2 Å². The average Bonchev–Trinajstić information content (AvgIpc) is 2.40. The maximum atomic E-state index is 12.1. The van der Waals surface area contributed by atoms with Crippen LogP contribution in [0.3, 0.4) is 0 Å².